The molecule has 20 heavy (non-hydrogen) atoms. The van der Waals surface area contributed by atoms with Gasteiger partial charge in [-0.1, -0.05) is 38.8 Å². The number of rotatable bonds is 5. The van der Waals surface area contributed by atoms with Crippen LogP contribution in [0.25, 0.3) is 0 Å². The molecule has 0 unspecified atom stereocenters. The average molecular weight is 292 g/mol. The molecule has 3 heteroatoms. The van der Waals surface area contributed by atoms with E-state index in [9.17, 15) is 0 Å². The van der Waals surface area contributed by atoms with Gasteiger partial charge >= 0.3 is 0 Å². The van der Waals surface area contributed by atoms with Gasteiger partial charge in [0.25, 0.3) is 0 Å². The first-order chi connectivity index (χ1) is 9.61. The Morgan fingerprint density at radius 1 is 1.30 bits per heavy atom. The summed E-state index contributed by atoms with van der Waals surface area (Å²) in [6.45, 7) is 9.32. The van der Waals surface area contributed by atoms with E-state index in [1.54, 1.807) is 0 Å². The average Bonchev–Trinajstić information content (AvgIpc) is 2.48. The van der Waals surface area contributed by atoms with Gasteiger partial charge in [-0.2, -0.15) is 0 Å². The van der Waals surface area contributed by atoms with Crippen molar-refractivity contribution < 1.29 is 0 Å². The van der Waals surface area contributed by atoms with Gasteiger partial charge in [0.05, 0.1) is 0 Å². The largest absolute Gasteiger partial charge is 0.371 e. The van der Waals surface area contributed by atoms with Crippen LogP contribution in [-0.2, 0) is 0 Å². The fourth-order valence-corrected chi connectivity index (χ4v) is 3.63. The lowest BCUT2D eigenvalue weighted by Gasteiger charge is -2.35. The van der Waals surface area contributed by atoms with Crippen LogP contribution in [0.15, 0.2) is 24.3 Å². The Morgan fingerprint density at radius 2 is 2.00 bits per heavy atom. The van der Waals surface area contributed by atoms with Gasteiger partial charge in [0.1, 0.15) is 0 Å². The molecule has 0 bridgehead atoms. The summed E-state index contributed by atoms with van der Waals surface area (Å²) in [7, 11) is 2.15. The summed E-state index contributed by atoms with van der Waals surface area (Å²) >= 11 is 1.86. The number of benzene rings is 1. The van der Waals surface area contributed by atoms with E-state index >= 15 is 0 Å². The molecule has 0 N–H and O–H groups in total. The zero-order chi connectivity index (χ0) is 14.5. The van der Waals surface area contributed by atoms with Crippen molar-refractivity contribution in [2.45, 2.75) is 33.6 Å². The van der Waals surface area contributed by atoms with Crippen LogP contribution in [0, 0.1) is 11.8 Å². The highest BCUT2D eigenvalue weighted by Crippen LogP contribution is 2.30. The molecule has 0 aliphatic carbocycles. The predicted molar refractivity (Wildman–Crippen MR) is 92.8 cm³/mol. The summed E-state index contributed by atoms with van der Waals surface area (Å²) in [5.41, 5.74) is 2.69. The second-order valence-electron chi connectivity index (χ2n) is 6.00. The fourth-order valence-electron chi connectivity index (χ4n) is 2.98. The van der Waals surface area contributed by atoms with E-state index in [2.05, 4.69) is 61.3 Å². The van der Waals surface area contributed by atoms with Crippen LogP contribution in [0.2, 0.25) is 0 Å². The summed E-state index contributed by atoms with van der Waals surface area (Å²) in [5, 5.41) is 0. The Balaban J connectivity index is 2.01. The number of hydrogen-bond donors (Lipinski definition) is 0. The first-order valence-electron chi connectivity index (χ1n) is 7.83. The molecule has 1 aliphatic rings. The zero-order valence-corrected chi connectivity index (χ0v) is 14.1. The van der Waals surface area contributed by atoms with Gasteiger partial charge in [-0.15, -0.1) is 0 Å². The van der Waals surface area contributed by atoms with E-state index in [-0.39, 0.29) is 0 Å². The molecular formula is C17H28N2S. The molecule has 0 radical (unpaired) electrons. The van der Waals surface area contributed by atoms with Gasteiger partial charge < -0.3 is 9.21 Å². The van der Waals surface area contributed by atoms with Crippen LogP contribution in [0.3, 0.4) is 0 Å². The SMILES string of the molecule is CCSN(C)c1cccc(N2CCC(C(C)C)CC2)c1. The smallest absolute Gasteiger partial charge is 0.0487 e. The lowest BCUT2D eigenvalue weighted by Crippen LogP contribution is -2.35. The van der Waals surface area contributed by atoms with Crippen molar-refractivity contribution in [3.05, 3.63) is 24.3 Å². The van der Waals surface area contributed by atoms with E-state index in [1.165, 1.54) is 37.3 Å². The normalized spacial score (nSPS) is 16.8. The van der Waals surface area contributed by atoms with Gasteiger partial charge in [-0.05, 0) is 42.9 Å². The maximum atomic E-state index is 2.55. The third-order valence-corrected chi connectivity index (χ3v) is 5.22. The molecule has 2 rings (SSSR count). The quantitative estimate of drug-likeness (QED) is 0.729. The molecule has 1 saturated heterocycles. The van der Waals surface area contributed by atoms with Crippen molar-refractivity contribution in [3.63, 3.8) is 0 Å². The molecule has 0 aromatic heterocycles. The number of nitrogens with zero attached hydrogens (tertiary/aromatic N) is 2. The predicted octanol–water partition coefficient (Wildman–Crippen LogP) is 4.66. The Hall–Kier alpha value is -0.830. The van der Waals surface area contributed by atoms with Crippen LogP contribution < -0.4 is 9.21 Å². The van der Waals surface area contributed by atoms with Crippen LogP contribution >= 0.6 is 11.9 Å². The summed E-state index contributed by atoms with van der Waals surface area (Å²) in [5.74, 6) is 2.85. The van der Waals surface area contributed by atoms with Crippen molar-refractivity contribution >= 4 is 23.3 Å². The minimum absolute atomic E-state index is 0.829. The lowest BCUT2D eigenvalue weighted by molar-refractivity contribution is 0.311. The molecule has 1 aliphatic heterocycles. The second kappa shape index (κ2) is 7.26. The Bertz CT molecular complexity index is 411. The van der Waals surface area contributed by atoms with Gasteiger partial charge in [0.15, 0.2) is 0 Å². The van der Waals surface area contributed by atoms with Crippen LogP contribution in [0.4, 0.5) is 11.4 Å². The van der Waals surface area contributed by atoms with E-state index in [1.807, 2.05) is 11.9 Å². The third-order valence-electron chi connectivity index (χ3n) is 4.36. The summed E-state index contributed by atoms with van der Waals surface area (Å²) in [4.78, 5) is 2.55. The highest BCUT2D eigenvalue weighted by molar-refractivity contribution is 8.00. The molecule has 0 spiro atoms. The molecule has 112 valence electrons. The molecule has 0 saturated carbocycles. The second-order valence-corrected chi connectivity index (χ2v) is 7.39. The summed E-state index contributed by atoms with van der Waals surface area (Å²) in [6.07, 6.45) is 2.67. The maximum Gasteiger partial charge on any atom is 0.0487 e. The minimum Gasteiger partial charge on any atom is -0.371 e. The Kier molecular flexibility index (Phi) is 5.64. The first-order valence-corrected chi connectivity index (χ1v) is 8.77. The number of piperidine rings is 1. The van der Waals surface area contributed by atoms with Crippen LogP contribution in [0.5, 0.6) is 0 Å². The van der Waals surface area contributed by atoms with Gasteiger partial charge in [0, 0.05) is 37.3 Å². The maximum absolute atomic E-state index is 2.55. The highest BCUT2D eigenvalue weighted by Gasteiger charge is 2.21. The Morgan fingerprint density at radius 3 is 2.60 bits per heavy atom. The van der Waals surface area contributed by atoms with Crippen molar-refractivity contribution in [1.29, 1.82) is 0 Å². The monoisotopic (exact) mass is 292 g/mol. The number of hydrogen-bond acceptors (Lipinski definition) is 3. The van der Waals surface area contributed by atoms with Gasteiger partial charge in [-0.3, -0.25) is 0 Å². The van der Waals surface area contributed by atoms with E-state index < -0.39 is 0 Å². The summed E-state index contributed by atoms with van der Waals surface area (Å²) in [6, 6.07) is 8.97. The number of anilines is 2. The van der Waals surface area contributed by atoms with Crippen LogP contribution in [0.1, 0.15) is 33.6 Å². The topological polar surface area (TPSA) is 6.48 Å². The zero-order valence-electron chi connectivity index (χ0n) is 13.3. The molecule has 1 aromatic carbocycles. The molecule has 0 amide bonds. The van der Waals surface area contributed by atoms with Crippen molar-refractivity contribution in [3.8, 4) is 0 Å². The van der Waals surface area contributed by atoms with E-state index in [0.29, 0.717) is 0 Å². The van der Waals surface area contributed by atoms with Crippen molar-refractivity contribution in [2.75, 3.05) is 35.1 Å². The molecule has 0 atom stereocenters. The molecule has 1 heterocycles. The van der Waals surface area contributed by atoms with E-state index in [0.717, 1.165) is 17.6 Å². The molecular weight excluding hydrogens is 264 g/mol. The van der Waals surface area contributed by atoms with Gasteiger partial charge in [0.2, 0.25) is 0 Å². The molecule has 2 nitrogen and oxygen atoms in total. The fraction of sp³-hybridized carbons (Fsp3) is 0.647. The van der Waals surface area contributed by atoms with Crippen molar-refractivity contribution in [1.82, 2.24) is 0 Å². The first kappa shape index (κ1) is 15.6. The third kappa shape index (κ3) is 3.85. The highest BCUT2D eigenvalue weighted by atomic mass is 32.2. The van der Waals surface area contributed by atoms with Crippen LogP contribution in [-0.4, -0.2) is 25.9 Å². The van der Waals surface area contributed by atoms with E-state index in [4.69, 9.17) is 0 Å². The minimum atomic E-state index is 0.829. The lowest BCUT2D eigenvalue weighted by atomic mass is 9.86. The standard InChI is InChI=1S/C17H28N2S/c1-5-20-18(4)16-7-6-8-17(13-16)19-11-9-15(10-12-19)14(2)3/h6-8,13-15H,5,9-12H2,1-4H3. The Labute approximate surface area is 128 Å². The van der Waals surface area contributed by atoms with Gasteiger partial charge in [-0.25, -0.2) is 0 Å². The summed E-state index contributed by atoms with van der Waals surface area (Å²) < 4.78 is 2.27. The van der Waals surface area contributed by atoms with Crippen molar-refractivity contribution in [2.24, 2.45) is 11.8 Å². The molecule has 1 fully saturated rings. The molecule has 1 aromatic rings.